The second-order valence-electron chi connectivity index (χ2n) is 5.11. The molecule has 0 amide bonds. The number of nitrogens with one attached hydrogen (secondary N) is 2. The summed E-state index contributed by atoms with van der Waals surface area (Å²) >= 11 is 0. The highest BCUT2D eigenvalue weighted by molar-refractivity contribution is 7.89. The van der Waals surface area contributed by atoms with Crippen LogP contribution in [0.4, 0.5) is 5.69 Å². The molecule has 1 heterocycles. The maximum absolute atomic E-state index is 12.4. The molecule has 110 valence electrons. The lowest BCUT2D eigenvalue weighted by Gasteiger charge is -2.19. The summed E-state index contributed by atoms with van der Waals surface area (Å²) in [5.74, 6) is -0.00921. The Morgan fingerprint density at radius 2 is 2.10 bits per heavy atom. The van der Waals surface area contributed by atoms with E-state index in [-0.39, 0.29) is 17.4 Å². The normalized spacial score (nSPS) is 14.0. The fraction of sp³-hybridized carbons (Fsp3) is 0.385. The van der Waals surface area contributed by atoms with Crippen molar-refractivity contribution in [3.05, 3.63) is 24.4 Å². The van der Waals surface area contributed by atoms with E-state index in [0.29, 0.717) is 16.6 Å². The van der Waals surface area contributed by atoms with Crippen LogP contribution in [-0.4, -0.2) is 31.2 Å². The van der Waals surface area contributed by atoms with Crippen LogP contribution in [-0.2, 0) is 10.0 Å². The standard InChI is InChI=1S/C13H19N3O3S/c1-8(2)12(7-17)16-20(18,19)13-6-15-11-4-3-9(14)5-10(11)13/h3-6,8,12,15-17H,7,14H2,1-2H3/t12-/m1/s1. The van der Waals surface area contributed by atoms with Gasteiger partial charge in [0.05, 0.1) is 6.61 Å². The van der Waals surface area contributed by atoms with Crippen LogP contribution in [0.3, 0.4) is 0 Å². The SMILES string of the molecule is CC(C)[C@@H](CO)NS(=O)(=O)c1c[nH]c2ccc(N)cc12. The van der Waals surface area contributed by atoms with Crippen molar-refractivity contribution in [1.82, 2.24) is 9.71 Å². The Morgan fingerprint density at radius 3 is 2.70 bits per heavy atom. The van der Waals surface area contributed by atoms with Gasteiger partial charge in [0.15, 0.2) is 0 Å². The molecule has 20 heavy (non-hydrogen) atoms. The number of nitrogen functional groups attached to an aromatic ring is 1. The topological polar surface area (TPSA) is 108 Å². The number of anilines is 1. The van der Waals surface area contributed by atoms with Crippen LogP contribution in [0.25, 0.3) is 10.9 Å². The van der Waals surface area contributed by atoms with E-state index < -0.39 is 16.1 Å². The first-order valence-electron chi connectivity index (χ1n) is 6.35. The highest BCUT2D eigenvalue weighted by Gasteiger charge is 2.24. The average molecular weight is 297 g/mol. The van der Waals surface area contributed by atoms with Crippen LogP contribution in [0.5, 0.6) is 0 Å². The van der Waals surface area contributed by atoms with E-state index in [9.17, 15) is 13.5 Å². The smallest absolute Gasteiger partial charge is 0.243 e. The maximum atomic E-state index is 12.4. The van der Waals surface area contributed by atoms with Crippen molar-refractivity contribution in [1.29, 1.82) is 0 Å². The quantitative estimate of drug-likeness (QED) is 0.618. The molecule has 0 spiro atoms. The minimum atomic E-state index is -3.71. The lowest BCUT2D eigenvalue weighted by Crippen LogP contribution is -2.40. The number of aromatic amines is 1. The number of benzene rings is 1. The third kappa shape index (κ3) is 2.79. The number of fused-ring (bicyclic) bond motifs is 1. The molecule has 0 fully saturated rings. The molecule has 0 saturated carbocycles. The summed E-state index contributed by atoms with van der Waals surface area (Å²) in [5, 5.41) is 9.80. The Morgan fingerprint density at radius 1 is 1.40 bits per heavy atom. The predicted octanol–water partition coefficient (Wildman–Crippen LogP) is 1.05. The third-order valence-corrected chi connectivity index (χ3v) is 4.80. The summed E-state index contributed by atoms with van der Waals surface area (Å²) in [6.07, 6.45) is 1.43. The molecule has 1 atom stereocenters. The maximum Gasteiger partial charge on any atom is 0.243 e. The molecule has 0 radical (unpaired) electrons. The number of H-pyrrole nitrogens is 1. The van der Waals surface area contributed by atoms with Gasteiger partial charge in [-0.15, -0.1) is 0 Å². The number of sulfonamides is 1. The second kappa shape index (κ2) is 5.43. The number of aliphatic hydroxyl groups is 1. The van der Waals surface area contributed by atoms with E-state index in [4.69, 9.17) is 5.73 Å². The molecule has 0 aliphatic rings. The highest BCUT2D eigenvalue weighted by atomic mass is 32.2. The molecule has 7 heteroatoms. The van der Waals surface area contributed by atoms with Crippen LogP contribution in [0.2, 0.25) is 0 Å². The van der Waals surface area contributed by atoms with Gasteiger partial charge in [0, 0.05) is 28.8 Å². The molecule has 0 unspecified atom stereocenters. The molecule has 0 saturated heterocycles. The molecule has 2 aromatic rings. The van der Waals surface area contributed by atoms with Gasteiger partial charge in [-0.3, -0.25) is 0 Å². The van der Waals surface area contributed by atoms with Gasteiger partial charge in [-0.1, -0.05) is 13.8 Å². The number of hydrogen-bond acceptors (Lipinski definition) is 4. The second-order valence-corrected chi connectivity index (χ2v) is 6.79. The number of aromatic nitrogens is 1. The fourth-order valence-corrected chi connectivity index (χ4v) is 3.53. The van der Waals surface area contributed by atoms with Gasteiger partial charge in [0.25, 0.3) is 0 Å². The Bertz CT molecular complexity index is 707. The van der Waals surface area contributed by atoms with Gasteiger partial charge in [-0.25, -0.2) is 13.1 Å². The minimum absolute atomic E-state index is 0.00921. The lowest BCUT2D eigenvalue weighted by atomic mass is 10.1. The largest absolute Gasteiger partial charge is 0.399 e. The van der Waals surface area contributed by atoms with Crippen molar-refractivity contribution in [2.45, 2.75) is 24.8 Å². The number of hydrogen-bond donors (Lipinski definition) is 4. The lowest BCUT2D eigenvalue weighted by molar-refractivity contribution is 0.228. The molecule has 1 aromatic heterocycles. The summed E-state index contributed by atoms with van der Waals surface area (Å²) in [6.45, 7) is 3.44. The molecule has 2 rings (SSSR count). The van der Waals surface area contributed by atoms with E-state index >= 15 is 0 Å². The van der Waals surface area contributed by atoms with Gasteiger partial charge in [0.1, 0.15) is 4.90 Å². The summed E-state index contributed by atoms with van der Waals surface area (Å²) in [5.41, 5.74) is 6.90. The first-order chi connectivity index (χ1) is 9.35. The zero-order chi connectivity index (χ0) is 14.9. The van der Waals surface area contributed by atoms with E-state index in [2.05, 4.69) is 9.71 Å². The van der Waals surface area contributed by atoms with Crippen molar-refractivity contribution < 1.29 is 13.5 Å². The Kier molecular flexibility index (Phi) is 4.03. The van der Waals surface area contributed by atoms with E-state index in [1.165, 1.54) is 6.20 Å². The van der Waals surface area contributed by atoms with Gasteiger partial charge in [0.2, 0.25) is 10.0 Å². The van der Waals surface area contributed by atoms with Crippen molar-refractivity contribution >= 4 is 26.6 Å². The Labute approximate surface area is 118 Å². The number of nitrogens with two attached hydrogens (primary N) is 1. The van der Waals surface area contributed by atoms with Gasteiger partial charge in [-0.2, -0.15) is 0 Å². The van der Waals surface area contributed by atoms with Crippen LogP contribution in [0, 0.1) is 5.92 Å². The van der Waals surface area contributed by atoms with Crippen molar-refractivity contribution in [3.63, 3.8) is 0 Å². The van der Waals surface area contributed by atoms with E-state index in [1.54, 1.807) is 18.2 Å². The fourth-order valence-electron chi connectivity index (χ4n) is 1.98. The first kappa shape index (κ1) is 14.8. The molecule has 0 aliphatic heterocycles. The predicted molar refractivity (Wildman–Crippen MR) is 78.7 cm³/mol. The van der Waals surface area contributed by atoms with Crippen molar-refractivity contribution in [3.8, 4) is 0 Å². The zero-order valence-corrected chi connectivity index (χ0v) is 12.2. The van der Waals surface area contributed by atoms with Crippen LogP contribution in [0.15, 0.2) is 29.3 Å². The van der Waals surface area contributed by atoms with Gasteiger partial charge >= 0.3 is 0 Å². The molecule has 0 aliphatic carbocycles. The molecular formula is C13H19N3O3S. The van der Waals surface area contributed by atoms with Gasteiger partial charge in [-0.05, 0) is 24.1 Å². The highest BCUT2D eigenvalue weighted by Crippen LogP contribution is 2.25. The average Bonchev–Trinajstić information content (AvgIpc) is 2.79. The zero-order valence-electron chi connectivity index (χ0n) is 11.4. The molecule has 5 N–H and O–H groups in total. The summed E-state index contributed by atoms with van der Waals surface area (Å²) in [6, 6.07) is 4.53. The Hall–Kier alpha value is -1.57. The van der Waals surface area contributed by atoms with Gasteiger partial charge < -0.3 is 15.8 Å². The van der Waals surface area contributed by atoms with Crippen LogP contribution in [0.1, 0.15) is 13.8 Å². The molecular weight excluding hydrogens is 278 g/mol. The summed E-state index contributed by atoms with van der Waals surface area (Å²) in [7, 11) is -3.71. The minimum Gasteiger partial charge on any atom is -0.399 e. The molecule has 1 aromatic carbocycles. The monoisotopic (exact) mass is 297 g/mol. The molecule has 0 bridgehead atoms. The number of rotatable bonds is 5. The third-order valence-electron chi connectivity index (χ3n) is 3.27. The van der Waals surface area contributed by atoms with E-state index in [0.717, 1.165) is 0 Å². The van der Waals surface area contributed by atoms with Crippen LogP contribution < -0.4 is 10.5 Å². The Balaban J connectivity index is 2.44. The summed E-state index contributed by atoms with van der Waals surface area (Å²) < 4.78 is 27.3. The van der Waals surface area contributed by atoms with Crippen molar-refractivity contribution in [2.75, 3.05) is 12.3 Å². The number of aliphatic hydroxyl groups excluding tert-OH is 1. The van der Waals surface area contributed by atoms with Crippen molar-refractivity contribution in [2.24, 2.45) is 5.92 Å². The first-order valence-corrected chi connectivity index (χ1v) is 7.83. The van der Waals surface area contributed by atoms with Crippen LogP contribution >= 0.6 is 0 Å². The van der Waals surface area contributed by atoms with E-state index in [1.807, 2.05) is 13.8 Å². The molecule has 6 nitrogen and oxygen atoms in total. The summed E-state index contributed by atoms with van der Waals surface area (Å²) in [4.78, 5) is 3.04.